The van der Waals surface area contributed by atoms with Crippen LogP contribution in [0.3, 0.4) is 0 Å². The second-order valence-electron chi connectivity index (χ2n) is 5.96. The molecule has 4 N–H and O–H groups in total. The van der Waals surface area contributed by atoms with Crippen molar-refractivity contribution < 1.29 is 33.1 Å². The number of hydrogen-bond acceptors (Lipinski definition) is 7. The Morgan fingerprint density at radius 3 is 2.50 bits per heavy atom. The van der Waals surface area contributed by atoms with Crippen LogP contribution in [0.2, 0.25) is 0 Å². The monoisotopic (exact) mass is 395 g/mol. The number of esters is 1. The van der Waals surface area contributed by atoms with Gasteiger partial charge in [0.25, 0.3) is 0 Å². The Balaban J connectivity index is 3.68. The van der Waals surface area contributed by atoms with Gasteiger partial charge in [0.1, 0.15) is 12.7 Å². The number of nitrogens with two attached hydrogens (primary N) is 1. The van der Waals surface area contributed by atoms with E-state index in [2.05, 4.69) is 16.0 Å². The van der Waals surface area contributed by atoms with Crippen molar-refractivity contribution in [3.05, 3.63) is 12.2 Å². The minimum absolute atomic E-state index is 0.0699. The average molecular weight is 395 g/mol. The number of unbranched alkanes of at least 4 members (excludes halogenated alkanes) is 6. The minimum Gasteiger partial charge on any atom is -0.463 e. The predicted molar refractivity (Wildman–Crippen MR) is 99.5 cm³/mol. The number of carbonyl (C=O) groups is 1. The lowest BCUT2D eigenvalue weighted by molar-refractivity contribution is -0.146. The van der Waals surface area contributed by atoms with Crippen LogP contribution in [0.5, 0.6) is 0 Å². The number of phosphoric acid groups is 1. The number of phosphoric ester groups is 1. The molecule has 2 unspecified atom stereocenters. The van der Waals surface area contributed by atoms with E-state index in [9.17, 15) is 19.4 Å². The highest BCUT2D eigenvalue weighted by molar-refractivity contribution is 7.47. The Bertz CT molecular complexity index is 431. The summed E-state index contributed by atoms with van der Waals surface area (Å²) in [6, 6.07) is 0. The molecule has 9 heteroatoms. The lowest BCUT2D eigenvalue weighted by Crippen LogP contribution is -2.23. The molecule has 26 heavy (non-hydrogen) atoms. The fourth-order valence-electron chi connectivity index (χ4n) is 2.02. The van der Waals surface area contributed by atoms with E-state index >= 15 is 0 Å². The van der Waals surface area contributed by atoms with Crippen molar-refractivity contribution in [2.45, 2.75) is 64.4 Å². The van der Waals surface area contributed by atoms with Crippen LogP contribution in [0.15, 0.2) is 12.2 Å². The molecule has 0 spiro atoms. The summed E-state index contributed by atoms with van der Waals surface area (Å²) >= 11 is 0. The van der Waals surface area contributed by atoms with Gasteiger partial charge < -0.3 is 20.5 Å². The molecule has 0 aromatic carbocycles. The zero-order valence-corrected chi connectivity index (χ0v) is 16.6. The van der Waals surface area contributed by atoms with E-state index in [-0.39, 0.29) is 26.2 Å². The maximum absolute atomic E-state index is 11.5. The van der Waals surface area contributed by atoms with Gasteiger partial charge in [-0.1, -0.05) is 51.2 Å². The van der Waals surface area contributed by atoms with Gasteiger partial charge in [0, 0.05) is 6.54 Å². The minimum atomic E-state index is -4.24. The Hall–Kier alpha value is -0.760. The summed E-state index contributed by atoms with van der Waals surface area (Å²) in [5, 5.41) is 9.58. The quantitative estimate of drug-likeness (QED) is 0.148. The summed E-state index contributed by atoms with van der Waals surface area (Å²) in [6.45, 7) is 1.32. The second kappa shape index (κ2) is 16.4. The van der Waals surface area contributed by atoms with E-state index in [4.69, 9.17) is 10.5 Å². The normalized spacial score (nSPS) is 15.1. The smallest absolute Gasteiger partial charge is 0.463 e. The first kappa shape index (κ1) is 25.2. The third kappa shape index (κ3) is 16.7. The van der Waals surface area contributed by atoms with Crippen molar-refractivity contribution in [1.82, 2.24) is 0 Å². The van der Waals surface area contributed by atoms with Gasteiger partial charge in [-0.05, 0) is 12.8 Å². The molecule has 0 aliphatic heterocycles. The van der Waals surface area contributed by atoms with Gasteiger partial charge in [-0.2, -0.15) is 0 Å². The average Bonchev–Trinajstić information content (AvgIpc) is 2.61. The van der Waals surface area contributed by atoms with Gasteiger partial charge in [0.15, 0.2) is 0 Å². The Morgan fingerprint density at radius 2 is 1.81 bits per heavy atom. The highest BCUT2D eigenvalue weighted by atomic mass is 31.2. The molecule has 0 amide bonds. The standard InChI is InChI=1S/C17H34NO7P/c1-2-3-4-5-6-7-8-9-10-11-17(20)23-14-16(19)15-25-26(21,22)24-13-12-18/h9-10,16,19H,2-8,11-15,18H2,1H3,(H,21,22)/b10-9-. The summed E-state index contributed by atoms with van der Waals surface area (Å²) in [5.41, 5.74) is 5.14. The van der Waals surface area contributed by atoms with Gasteiger partial charge in [-0.15, -0.1) is 0 Å². The lowest BCUT2D eigenvalue weighted by Gasteiger charge is -2.14. The van der Waals surface area contributed by atoms with Crippen LogP contribution >= 0.6 is 7.82 Å². The van der Waals surface area contributed by atoms with Gasteiger partial charge in [-0.3, -0.25) is 13.8 Å². The fourth-order valence-corrected chi connectivity index (χ4v) is 2.79. The molecule has 0 rings (SSSR count). The summed E-state index contributed by atoms with van der Waals surface area (Å²) in [7, 11) is -4.24. The molecule has 8 nitrogen and oxygen atoms in total. The van der Waals surface area contributed by atoms with E-state index in [1.54, 1.807) is 6.08 Å². The van der Waals surface area contributed by atoms with E-state index in [1.165, 1.54) is 32.1 Å². The second-order valence-corrected chi connectivity index (χ2v) is 7.41. The third-order valence-electron chi connectivity index (χ3n) is 3.41. The molecule has 0 saturated heterocycles. The van der Waals surface area contributed by atoms with Gasteiger partial charge >= 0.3 is 13.8 Å². The number of allylic oxidation sites excluding steroid dienone is 1. The van der Waals surface area contributed by atoms with Crippen LogP contribution in [-0.2, 0) is 23.1 Å². The lowest BCUT2D eigenvalue weighted by atomic mass is 10.1. The van der Waals surface area contributed by atoms with E-state index in [1.807, 2.05) is 6.08 Å². The Labute approximate surface area is 156 Å². The number of rotatable bonds is 17. The molecule has 2 atom stereocenters. The zero-order chi connectivity index (χ0) is 19.7. The van der Waals surface area contributed by atoms with Crippen molar-refractivity contribution in [2.24, 2.45) is 5.73 Å². The summed E-state index contributed by atoms with van der Waals surface area (Å²) < 4.78 is 25.3. The first-order valence-electron chi connectivity index (χ1n) is 9.22. The fraction of sp³-hybridized carbons (Fsp3) is 0.824. The van der Waals surface area contributed by atoms with Crippen LogP contribution in [0.25, 0.3) is 0 Å². The molecular formula is C17H34NO7P. The van der Waals surface area contributed by atoms with Crippen LogP contribution in [0, 0.1) is 0 Å². The largest absolute Gasteiger partial charge is 0.472 e. The predicted octanol–water partition coefficient (Wildman–Crippen LogP) is 2.68. The highest BCUT2D eigenvalue weighted by Gasteiger charge is 2.22. The van der Waals surface area contributed by atoms with E-state index in [0.717, 1.165) is 12.8 Å². The van der Waals surface area contributed by atoms with Crippen LogP contribution in [0.4, 0.5) is 0 Å². The number of aliphatic hydroxyl groups excluding tert-OH is 1. The van der Waals surface area contributed by atoms with Crippen molar-refractivity contribution in [3.8, 4) is 0 Å². The number of carbonyl (C=O) groups excluding carboxylic acids is 1. The van der Waals surface area contributed by atoms with Gasteiger partial charge in [0.05, 0.1) is 19.6 Å². The molecule has 0 aliphatic carbocycles. The first-order chi connectivity index (χ1) is 12.4. The van der Waals surface area contributed by atoms with Gasteiger partial charge in [-0.25, -0.2) is 4.57 Å². The molecule has 154 valence electrons. The Morgan fingerprint density at radius 1 is 1.12 bits per heavy atom. The van der Waals surface area contributed by atoms with Crippen LogP contribution < -0.4 is 5.73 Å². The van der Waals surface area contributed by atoms with Crippen LogP contribution in [-0.4, -0.2) is 48.4 Å². The molecule has 0 saturated carbocycles. The highest BCUT2D eigenvalue weighted by Crippen LogP contribution is 2.42. The summed E-state index contributed by atoms with van der Waals surface area (Å²) in [4.78, 5) is 20.8. The van der Waals surface area contributed by atoms with Crippen LogP contribution in [0.1, 0.15) is 58.3 Å². The van der Waals surface area contributed by atoms with Gasteiger partial charge in [0.2, 0.25) is 0 Å². The number of hydrogen-bond donors (Lipinski definition) is 3. The molecule has 0 aliphatic rings. The Kier molecular flexibility index (Phi) is 15.9. The summed E-state index contributed by atoms with van der Waals surface area (Å²) in [5.74, 6) is -0.477. The first-order valence-corrected chi connectivity index (χ1v) is 10.7. The zero-order valence-electron chi connectivity index (χ0n) is 15.7. The number of aliphatic hydroxyl groups is 1. The van der Waals surface area contributed by atoms with E-state index in [0.29, 0.717) is 0 Å². The topological polar surface area (TPSA) is 128 Å². The molecule has 0 heterocycles. The van der Waals surface area contributed by atoms with Crippen molar-refractivity contribution in [1.29, 1.82) is 0 Å². The van der Waals surface area contributed by atoms with E-state index < -0.39 is 26.5 Å². The SMILES string of the molecule is CCCCCCCC/C=C\CC(=O)OCC(O)COP(=O)(O)OCCN. The van der Waals surface area contributed by atoms with Crippen molar-refractivity contribution in [2.75, 3.05) is 26.4 Å². The summed E-state index contributed by atoms with van der Waals surface area (Å²) in [6.07, 6.45) is 10.9. The van der Waals surface area contributed by atoms with Crippen molar-refractivity contribution >= 4 is 13.8 Å². The molecule has 0 bridgehead atoms. The van der Waals surface area contributed by atoms with Crippen molar-refractivity contribution in [3.63, 3.8) is 0 Å². The molecule has 0 radical (unpaired) electrons. The molecular weight excluding hydrogens is 361 g/mol. The molecule has 0 aromatic rings. The third-order valence-corrected chi connectivity index (χ3v) is 4.40. The maximum atomic E-state index is 11.5. The number of ether oxygens (including phenoxy) is 1. The molecule has 0 aromatic heterocycles. The maximum Gasteiger partial charge on any atom is 0.472 e. The molecule has 0 fully saturated rings.